The van der Waals surface area contributed by atoms with E-state index in [1.54, 1.807) is 0 Å². The van der Waals surface area contributed by atoms with E-state index in [1.165, 1.54) is 126 Å². The van der Waals surface area contributed by atoms with Crippen LogP contribution in [0.2, 0.25) is 0 Å². The molecule has 43 heavy (non-hydrogen) atoms. The molecule has 0 atom stereocenters. The molecule has 0 bridgehead atoms. The quantitative estimate of drug-likeness (QED) is 0.0726. The van der Waals surface area contributed by atoms with Crippen molar-refractivity contribution in [3.63, 3.8) is 0 Å². The lowest BCUT2D eigenvalue weighted by Gasteiger charge is -2.36. The summed E-state index contributed by atoms with van der Waals surface area (Å²) in [6, 6.07) is 32.1. The van der Waals surface area contributed by atoms with Crippen molar-refractivity contribution >= 4 is 0 Å². The lowest BCUT2D eigenvalue weighted by Crippen LogP contribution is -2.34. The number of hydrogen-bond donors (Lipinski definition) is 0. The summed E-state index contributed by atoms with van der Waals surface area (Å²) in [5, 5.41) is 0. The van der Waals surface area contributed by atoms with Gasteiger partial charge in [0.1, 0.15) is 5.60 Å². The van der Waals surface area contributed by atoms with Gasteiger partial charge in [-0.05, 0) is 43.1 Å². The van der Waals surface area contributed by atoms with Crippen LogP contribution in [0.4, 0.5) is 0 Å². The molecule has 0 aliphatic carbocycles. The molecule has 3 rings (SSSR count). The smallest absolute Gasteiger partial charge is 0.143 e. The van der Waals surface area contributed by atoms with E-state index in [0.717, 1.165) is 13.0 Å². The van der Waals surface area contributed by atoms with E-state index in [-0.39, 0.29) is 0 Å². The molecule has 0 heterocycles. The van der Waals surface area contributed by atoms with Gasteiger partial charge in [-0.25, -0.2) is 0 Å². The number of unbranched alkanes of at least 4 members (excludes halogenated alkanes) is 15. The highest BCUT2D eigenvalue weighted by Gasteiger charge is 2.37. The maximum absolute atomic E-state index is 6.95. The van der Waals surface area contributed by atoms with Crippen molar-refractivity contribution in [3.8, 4) is 0 Å². The van der Waals surface area contributed by atoms with Gasteiger partial charge in [0.05, 0.1) is 0 Å². The molecule has 0 amide bonds. The Bertz CT molecular complexity index is 938. The van der Waals surface area contributed by atoms with Crippen LogP contribution in [0, 0.1) is 0 Å². The Morgan fingerprint density at radius 1 is 0.442 bits per heavy atom. The van der Waals surface area contributed by atoms with Crippen molar-refractivity contribution in [2.45, 2.75) is 122 Å². The molecule has 0 saturated heterocycles. The van der Waals surface area contributed by atoms with Crippen molar-refractivity contribution in [2.24, 2.45) is 0 Å². The highest BCUT2D eigenvalue weighted by atomic mass is 16.5. The first-order chi connectivity index (χ1) is 21.3. The van der Waals surface area contributed by atoms with E-state index >= 15 is 0 Å². The number of ether oxygens (including phenoxy) is 1. The number of rotatable bonds is 25. The van der Waals surface area contributed by atoms with E-state index < -0.39 is 5.60 Å². The Balaban J connectivity index is 1.30. The van der Waals surface area contributed by atoms with Crippen LogP contribution in [0.25, 0.3) is 0 Å². The first kappa shape index (κ1) is 35.1. The van der Waals surface area contributed by atoms with Gasteiger partial charge in [-0.3, -0.25) is 0 Å². The molecule has 236 valence electrons. The normalized spacial score (nSPS) is 11.8. The van der Waals surface area contributed by atoms with Crippen LogP contribution < -0.4 is 0 Å². The average Bonchev–Trinajstić information content (AvgIpc) is 3.06. The lowest BCUT2D eigenvalue weighted by molar-refractivity contribution is 0.00875. The summed E-state index contributed by atoms with van der Waals surface area (Å²) in [6.45, 7) is 5.25. The van der Waals surface area contributed by atoms with E-state index in [4.69, 9.17) is 4.74 Å². The van der Waals surface area contributed by atoms with Gasteiger partial charge in [0.2, 0.25) is 0 Å². The molecular weight excluding hydrogens is 522 g/mol. The van der Waals surface area contributed by atoms with Gasteiger partial charge in [-0.1, -0.05) is 194 Å². The summed E-state index contributed by atoms with van der Waals surface area (Å²) in [7, 11) is 2.27. The standard InChI is InChI=1S/C41H61NO/c1-3-4-5-6-7-8-9-10-11-12-13-14-15-16-17-27-35-42(2)36-28-37-43-41(38-29-21-18-22-30-38,39-31-23-19-24-32-39)40-33-25-20-26-34-40/h18-26,29-34H,3-17,27-28,35-37H2,1-2H3. The first-order valence-corrected chi connectivity index (χ1v) is 17.8. The van der Waals surface area contributed by atoms with Gasteiger partial charge >= 0.3 is 0 Å². The van der Waals surface area contributed by atoms with Crippen LogP contribution in [-0.2, 0) is 10.3 Å². The van der Waals surface area contributed by atoms with Crippen molar-refractivity contribution in [1.29, 1.82) is 0 Å². The van der Waals surface area contributed by atoms with Crippen molar-refractivity contribution in [3.05, 3.63) is 108 Å². The number of hydrogen-bond acceptors (Lipinski definition) is 2. The van der Waals surface area contributed by atoms with Crippen LogP contribution >= 0.6 is 0 Å². The third kappa shape index (κ3) is 13.0. The summed E-state index contributed by atoms with van der Waals surface area (Å²) >= 11 is 0. The van der Waals surface area contributed by atoms with Gasteiger partial charge in [-0.15, -0.1) is 0 Å². The number of nitrogens with zero attached hydrogens (tertiary/aromatic N) is 1. The Labute approximate surface area is 265 Å². The molecule has 0 fully saturated rings. The minimum atomic E-state index is -0.615. The molecule has 2 nitrogen and oxygen atoms in total. The van der Waals surface area contributed by atoms with Crippen LogP contribution in [0.3, 0.4) is 0 Å². The second-order valence-electron chi connectivity index (χ2n) is 12.6. The summed E-state index contributed by atoms with van der Waals surface area (Å²) in [4.78, 5) is 2.49. The summed E-state index contributed by atoms with van der Waals surface area (Å²) in [6.07, 6.45) is 23.8. The number of benzene rings is 3. The molecule has 3 aromatic rings. The predicted octanol–water partition coefficient (Wildman–Crippen LogP) is 11.6. The second-order valence-corrected chi connectivity index (χ2v) is 12.6. The Morgan fingerprint density at radius 3 is 1.14 bits per heavy atom. The first-order valence-electron chi connectivity index (χ1n) is 17.8. The van der Waals surface area contributed by atoms with Gasteiger partial charge in [0.15, 0.2) is 0 Å². The Morgan fingerprint density at radius 2 is 0.767 bits per heavy atom. The molecule has 2 heteroatoms. The zero-order valence-corrected chi connectivity index (χ0v) is 27.7. The molecule has 0 spiro atoms. The molecule has 0 radical (unpaired) electrons. The summed E-state index contributed by atoms with van der Waals surface area (Å²) < 4.78 is 6.95. The third-order valence-electron chi connectivity index (χ3n) is 8.94. The predicted molar refractivity (Wildman–Crippen MR) is 187 cm³/mol. The Kier molecular flexibility index (Phi) is 18.1. The van der Waals surface area contributed by atoms with Crippen LogP contribution in [0.15, 0.2) is 91.0 Å². The van der Waals surface area contributed by atoms with Crippen LogP contribution in [-0.4, -0.2) is 31.6 Å². The molecular formula is C41H61NO. The Hall–Kier alpha value is -2.42. The fraction of sp³-hybridized carbons (Fsp3) is 0.561. The molecule has 0 aliphatic heterocycles. The third-order valence-corrected chi connectivity index (χ3v) is 8.94. The summed E-state index contributed by atoms with van der Waals surface area (Å²) in [5.74, 6) is 0. The maximum Gasteiger partial charge on any atom is 0.143 e. The van der Waals surface area contributed by atoms with Crippen LogP contribution in [0.5, 0.6) is 0 Å². The van der Waals surface area contributed by atoms with E-state index in [1.807, 2.05) is 0 Å². The van der Waals surface area contributed by atoms with Gasteiger partial charge in [0, 0.05) is 13.2 Å². The fourth-order valence-electron chi connectivity index (χ4n) is 6.37. The van der Waals surface area contributed by atoms with Gasteiger partial charge < -0.3 is 9.64 Å². The minimum absolute atomic E-state index is 0.615. The SMILES string of the molecule is CCCCCCCCCCCCCCCCCCN(C)CCCOC(c1ccccc1)(c1ccccc1)c1ccccc1. The lowest BCUT2D eigenvalue weighted by atomic mass is 9.80. The second kappa shape index (κ2) is 22.1. The molecule has 0 aliphatic rings. The highest BCUT2D eigenvalue weighted by molar-refractivity contribution is 5.47. The average molecular weight is 584 g/mol. The molecule has 3 aromatic carbocycles. The largest absolute Gasteiger partial charge is 0.361 e. The molecule has 0 N–H and O–H groups in total. The highest BCUT2D eigenvalue weighted by Crippen LogP contribution is 2.40. The summed E-state index contributed by atoms with van der Waals surface area (Å²) in [5.41, 5.74) is 2.91. The van der Waals surface area contributed by atoms with Crippen molar-refractivity contribution in [2.75, 3.05) is 26.7 Å². The van der Waals surface area contributed by atoms with E-state index in [0.29, 0.717) is 6.61 Å². The molecule has 0 unspecified atom stereocenters. The monoisotopic (exact) mass is 583 g/mol. The maximum atomic E-state index is 6.95. The van der Waals surface area contributed by atoms with Gasteiger partial charge in [-0.2, -0.15) is 0 Å². The minimum Gasteiger partial charge on any atom is -0.361 e. The molecule has 0 saturated carbocycles. The van der Waals surface area contributed by atoms with Gasteiger partial charge in [0.25, 0.3) is 0 Å². The molecule has 0 aromatic heterocycles. The van der Waals surface area contributed by atoms with E-state index in [9.17, 15) is 0 Å². The van der Waals surface area contributed by atoms with Crippen molar-refractivity contribution in [1.82, 2.24) is 4.90 Å². The van der Waals surface area contributed by atoms with Crippen molar-refractivity contribution < 1.29 is 4.74 Å². The fourth-order valence-corrected chi connectivity index (χ4v) is 6.37. The zero-order chi connectivity index (χ0) is 30.3. The van der Waals surface area contributed by atoms with E-state index in [2.05, 4.69) is 110 Å². The van der Waals surface area contributed by atoms with Crippen LogP contribution in [0.1, 0.15) is 133 Å². The topological polar surface area (TPSA) is 12.5 Å². The zero-order valence-electron chi connectivity index (χ0n) is 27.7.